The molecule has 0 radical (unpaired) electrons. The maximum atomic E-state index is 13.4. The number of pyridine rings is 1. The number of aliphatic hydroxyl groups excluding tert-OH is 1. The molecule has 1 N–H and O–H groups in total. The number of ether oxygens (including phenoxy) is 3. The van der Waals surface area contributed by atoms with Crippen LogP contribution in [0.2, 0.25) is 15.1 Å². The minimum Gasteiger partial charge on any atom is -0.496 e. The highest BCUT2D eigenvalue weighted by atomic mass is 35.5. The van der Waals surface area contributed by atoms with Crippen LogP contribution in [0.5, 0.6) is 17.5 Å². The molecule has 0 bridgehead atoms. The highest BCUT2D eigenvalue weighted by Crippen LogP contribution is 2.44. The maximum absolute atomic E-state index is 13.4. The predicted octanol–water partition coefficient (Wildman–Crippen LogP) is 7.38. The molecule has 42 heavy (non-hydrogen) atoms. The van der Waals surface area contributed by atoms with E-state index in [1.807, 2.05) is 6.07 Å². The van der Waals surface area contributed by atoms with Crippen molar-refractivity contribution in [1.29, 1.82) is 5.26 Å². The van der Waals surface area contributed by atoms with Gasteiger partial charge < -0.3 is 19.3 Å². The van der Waals surface area contributed by atoms with Crippen LogP contribution in [0, 0.1) is 24.8 Å². The van der Waals surface area contributed by atoms with Crippen molar-refractivity contribution in [1.82, 2.24) is 4.98 Å². The van der Waals surface area contributed by atoms with E-state index in [0.29, 0.717) is 11.1 Å². The fourth-order valence-electron chi connectivity index (χ4n) is 4.13. The molecule has 0 aliphatic rings. The summed E-state index contributed by atoms with van der Waals surface area (Å²) >= 11 is 18.7. The Morgan fingerprint density at radius 1 is 0.952 bits per heavy atom. The predicted molar refractivity (Wildman–Crippen MR) is 156 cm³/mol. The second-order valence-corrected chi connectivity index (χ2v) is 9.72. The lowest BCUT2D eigenvalue weighted by Crippen LogP contribution is -2.16. The zero-order chi connectivity index (χ0) is 30.6. The smallest absolute Gasteiger partial charge is 0.350 e. The first-order valence-electron chi connectivity index (χ1n) is 11.9. The Bertz CT molecular complexity index is 1700. The van der Waals surface area contributed by atoms with Gasteiger partial charge in [0, 0.05) is 16.1 Å². The van der Waals surface area contributed by atoms with Crippen LogP contribution in [0.3, 0.4) is 0 Å². The molecule has 0 spiro atoms. The standard InChI is InChI=1S/C30H18Cl3N3O6/c1-15-9-10-21(33)24(26(15)40-3)30(39)41-27-17(13-34)22(16-7-5-4-6-8-16)25(35-2)28(36-27)42-29(38)23-18(14-37)19(31)11-12-20(23)32/h4-12,37H,14H2,1,3H3. The van der Waals surface area contributed by atoms with E-state index < -0.39 is 30.3 Å². The molecule has 0 saturated heterocycles. The normalized spacial score (nSPS) is 10.4. The van der Waals surface area contributed by atoms with Crippen LogP contribution >= 0.6 is 34.8 Å². The number of aliphatic hydroxyl groups is 1. The Kier molecular flexibility index (Phi) is 9.31. The first-order chi connectivity index (χ1) is 20.2. The molecule has 1 heterocycles. The number of methoxy groups -OCH3 is 1. The average molecular weight is 623 g/mol. The molecule has 4 rings (SSSR count). The van der Waals surface area contributed by atoms with Crippen molar-refractivity contribution in [3.05, 3.63) is 109 Å². The van der Waals surface area contributed by atoms with Gasteiger partial charge in [-0.15, -0.1) is 0 Å². The first kappa shape index (κ1) is 30.3. The Balaban J connectivity index is 1.94. The molecular formula is C30H18Cl3N3O6. The number of hydrogen-bond donors (Lipinski definition) is 1. The van der Waals surface area contributed by atoms with Crippen molar-refractivity contribution in [2.24, 2.45) is 0 Å². The van der Waals surface area contributed by atoms with E-state index in [1.54, 1.807) is 43.3 Å². The number of carbonyl (C=O) groups is 2. The van der Waals surface area contributed by atoms with E-state index >= 15 is 0 Å². The SMILES string of the molecule is [C-]#[N+]c1c(OC(=O)c2c(Cl)ccc(Cl)c2CO)nc(OC(=O)c2c(Cl)ccc(C)c2OC)c(C#N)c1-c1ccccc1. The number of aryl methyl sites for hydroxylation is 1. The summed E-state index contributed by atoms with van der Waals surface area (Å²) in [5.41, 5.74) is -0.0370. The lowest BCUT2D eigenvalue weighted by Gasteiger charge is -2.17. The van der Waals surface area contributed by atoms with Gasteiger partial charge in [0.05, 0.1) is 35.9 Å². The number of esters is 2. The molecule has 0 saturated carbocycles. The van der Waals surface area contributed by atoms with E-state index in [-0.39, 0.29) is 54.3 Å². The first-order valence-corrected chi connectivity index (χ1v) is 13.1. The summed E-state index contributed by atoms with van der Waals surface area (Å²) in [7, 11) is 1.35. The Hall–Kier alpha value is -4.64. The lowest BCUT2D eigenvalue weighted by molar-refractivity contribution is 0.0715. The molecule has 0 atom stereocenters. The van der Waals surface area contributed by atoms with Gasteiger partial charge >= 0.3 is 11.9 Å². The van der Waals surface area contributed by atoms with E-state index in [4.69, 9.17) is 55.6 Å². The van der Waals surface area contributed by atoms with Gasteiger partial charge in [-0.25, -0.2) is 14.4 Å². The zero-order valence-electron chi connectivity index (χ0n) is 21.9. The fourth-order valence-corrected chi connectivity index (χ4v) is 4.83. The molecule has 12 heteroatoms. The van der Waals surface area contributed by atoms with Gasteiger partial charge in [-0.1, -0.05) is 71.2 Å². The molecule has 3 aromatic carbocycles. The Morgan fingerprint density at radius 2 is 1.55 bits per heavy atom. The second kappa shape index (κ2) is 12.9. The average Bonchev–Trinajstić information content (AvgIpc) is 2.98. The summed E-state index contributed by atoms with van der Waals surface area (Å²) in [4.78, 5) is 34.3. The molecule has 0 aliphatic carbocycles. The quantitative estimate of drug-likeness (QED) is 0.167. The molecule has 0 unspecified atom stereocenters. The van der Waals surface area contributed by atoms with Crippen LogP contribution in [-0.4, -0.2) is 29.1 Å². The molecule has 210 valence electrons. The van der Waals surface area contributed by atoms with Gasteiger partial charge in [0.15, 0.2) is 0 Å². The molecule has 0 fully saturated rings. The van der Waals surface area contributed by atoms with Crippen molar-refractivity contribution in [2.45, 2.75) is 13.5 Å². The highest BCUT2D eigenvalue weighted by Gasteiger charge is 2.30. The van der Waals surface area contributed by atoms with Crippen LogP contribution in [0.15, 0.2) is 54.6 Å². The van der Waals surface area contributed by atoms with E-state index in [1.165, 1.54) is 25.3 Å². The summed E-state index contributed by atoms with van der Waals surface area (Å²) in [6, 6.07) is 16.1. The lowest BCUT2D eigenvalue weighted by atomic mass is 9.99. The molecule has 4 aromatic rings. The number of benzene rings is 3. The van der Waals surface area contributed by atoms with Crippen molar-refractivity contribution in [3.63, 3.8) is 0 Å². The molecule has 0 aliphatic heterocycles. The summed E-state index contributed by atoms with van der Waals surface area (Å²) in [6.45, 7) is 8.91. The minimum atomic E-state index is -1.10. The number of halogens is 3. The largest absolute Gasteiger partial charge is 0.496 e. The van der Waals surface area contributed by atoms with E-state index in [9.17, 15) is 20.0 Å². The van der Waals surface area contributed by atoms with Gasteiger partial charge in [0.1, 0.15) is 22.9 Å². The third-order valence-corrected chi connectivity index (χ3v) is 7.03. The van der Waals surface area contributed by atoms with Crippen molar-refractivity contribution >= 4 is 52.4 Å². The number of aromatic nitrogens is 1. The van der Waals surface area contributed by atoms with Crippen LogP contribution in [0.4, 0.5) is 5.69 Å². The summed E-state index contributed by atoms with van der Waals surface area (Å²) in [5.74, 6) is -3.12. The van der Waals surface area contributed by atoms with Crippen molar-refractivity contribution in [3.8, 4) is 34.7 Å². The molecular weight excluding hydrogens is 605 g/mol. The van der Waals surface area contributed by atoms with Gasteiger partial charge in [0.2, 0.25) is 11.8 Å². The van der Waals surface area contributed by atoms with Crippen LogP contribution in [0.25, 0.3) is 16.0 Å². The monoisotopic (exact) mass is 621 g/mol. The molecule has 0 amide bonds. The summed E-state index contributed by atoms with van der Waals surface area (Å²) in [5, 5.41) is 19.9. The third kappa shape index (κ3) is 5.73. The topological polar surface area (TPSA) is 123 Å². The van der Waals surface area contributed by atoms with Gasteiger partial charge in [-0.05, 0) is 36.2 Å². The van der Waals surface area contributed by atoms with Gasteiger partial charge in [0.25, 0.3) is 5.69 Å². The fraction of sp³-hybridized carbons (Fsp3) is 0.100. The number of carbonyl (C=O) groups excluding carboxylic acids is 2. The Labute approximate surface area is 255 Å². The highest BCUT2D eigenvalue weighted by molar-refractivity contribution is 6.36. The number of rotatable bonds is 7. The Morgan fingerprint density at radius 3 is 2.17 bits per heavy atom. The van der Waals surface area contributed by atoms with Crippen LogP contribution < -0.4 is 14.2 Å². The van der Waals surface area contributed by atoms with E-state index in [0.717, 1.165) is 0 Å². The number of nitrogens with zero attached hydrogens (tertiary/aromatic N) is 3. The third-order valence-electron chi connectivity index (χ3n) is 6.05. The van der Waals surface area contributed by atoms with E-state index in [2.05, 4.69) is 9.83 Å². The van der Waals surface area contributed by atoms with Gasteiger partial charge in [-0.2, -0.15) is 10.2 Å². The second-order valence-electron chi connectivity index (χ2n) is 8.50. The van der Waals surface area contributed by atoms with Crippen LogP contribution in [-0.2, 0) is 6.61 Å². The minimum absolute atomic E-state index is 0.00410. The number of hydrogen-bond acceptors (Lipinski definition) is 8. The zero-order valence-corrected chi connectivity index (χ0v) is 24.1. The molecule has 9 nitrogen and oxygen atoms in total. The maximum Gasteiger partial charge on any atom is 0.350 e. The summed E-state index contributed by atoms with van der Waals surface area (Å²) in [6.07, 6.45) is 0. The molecule has 1 aromatic heterocycles. The van der Waals surface area contributed by atoms with Crippen molar-refractivity contribution in [2.75, 3.05) is 7.11 Å². The van der Waals surface area contributed by atoms with Crippen LogP contribution in [0.1, 0.15) is 37.4 Å². The number of nitriles is 1. The van der Waals surface area contributed by atoms with Crippen molar-refractivity contribution < 1.29 is 28.9 Å². The van der Waals surface area contributed by atoms with Gasteiger partial charge in [-0.3, -0.25) is 0 Å². The summed E-state index contributed by atoms with van der Waals surface area (Å²) < 4.78 is 16.4.